The summed E-state index contributed by atoms with van der Waals surface area (Å²) < 4.78 is 36.8. The van der Waals surface area contributed by atoms with E-state index in [2.05, 4.69) is 0 Å². The lowest BCUT2D eigenvalue weighted by Gasteiger charge is -2.25. The van der Waals surface area contributed by atoms with Crippen molar-refractivity contribution in [2.45, 2.75) is 18.6 Å². The standard InChI is InChI=1S/C10H17F3N2O4S/c1-20-5-2-7(8(17)18)14-9(19)15(3-4-16)6-10(11,12)13/h7,16H,2-6H2,1H3,(H,14,19)(H,17,18). The fraction of sp³-hybridized carbons (Fsp3) is 0.800. The van der Waals surface area contributed by atoms with Crippen LogP contribution in [-0.4, -0.2) is 71.0 Å². The fourth-order valence-electron chi connectivity index (χ4n) is 1.32. The number of thioether (sulfide) groups is 1. The van der Waals surface area contributed by atoms with Gasteiger partial charge in [0, 0.05) is 6.54 Å². The molecule has 0 aromatic heterocycles. The number of hydrogen-bond donors (Lipinski definition) is 3. The van der Waals surface area contributed by atoms with Crippen LogP contribution in [0.25, 0.3) is 0 Å². The maximum absolute atomic E-state index is 12.3. The molecule has 0 aliphatic heterocycles. The average Bonchev–Trinajstić information content (AvgIpc) is 2.31. The zero-order valence-electron chi connectivity index (χ0n) is 10.8. The molecule has 0 bridgehead atoms. The molecule has 3 N–H and O–H groups in total. The Balaban J connectivity index is 4.66. The van der Waals surface area contributed by atoms with E-state index in [4.69, 9.17) is 10.2 Å². The summed E-state index contributed by atoms with van der Waals surface area (Å²) in [6, 6.07) is -2.42. The number of carbonyl (C=O) groups is 2. The van der Waals surface area contributed by atoms with Gasteiger partial charge in [0.1, 0.15) is 12.6 Å². The van der Waals surface area contributed by atoms with Crippen LogP contribution >= 0.6 is 11.8 Å². The molecule has 0 saturated carbocycles. The number of aliphatic hydroxyl groups is 1. The van der Waals surface area contributed by atoms with Gasteiger partial charge in [0.25, 0.3) is 0 Å². The molecule has 0 aliphatic rings. The SMILES string of the molecule is CSCCC(NC(=O)N(CCO)CC(F)(F)F)C(=O)O. The number of carbonyl (C=O) groups excluding carboxylic acids is 1. The van der Waals surface area contributed by atoms with Gasteiger partial charge in [-0.25, -0.2) is 9.59 Å². The van der Waals surface area contributed by atoms with E-state index in [1.54, 1.807) is 6.26 Å². The van der Waals surface area contributed by atoms with Crippen LogP contribution in [0, 0.1) is 0 Å². The molecule has 0 aliphatic carbocycles. The molecule has 0 spiro atoms. The van der Waals surface area contributed by atoms with E-state index in [1.165, 1.54) is 11.8 Å². The van der Waals surface area contributed by atoms with Gasteiger partial charge >= 0.3 is 18.2 Å². The molecule has 118 valence electrons. The van der Waals surface area contributed by atoms with Crippen LogP contribution in [-0.2, 0) is 4.79 Å². The molecule has 1 unspecified atom stereocenters. The molecular weight excluding hydrogens is 301 g/mol. The second-order valence-corrected chi connectivity index (χ2v) is 4.87. The van der Waals surface area contributed by atoms with Gasteiger partial charge in [0.15, 0.2) is 0 Å². The quantitative estimate of drug-likeness (QED) is 0.615. The van der Waals surface area contributed by atoms with Gasteiger partial charge in [-0.2, -0.15) is 24.9 Å². The summed E-state index contributed by atoms with van der Waals surface area (Å²) in [5, 5.41) is 19.6. The minimum atomic E-state index is -4.62. The molecule has 6 nitrogen and oxygen atoms in total. The second kappa shape index (κ2) is 8.90. The molecular formula is C10H17F3N2O4S. The van der Waals surface area contributed by atoms with Crippen molar-refractivity contribution in [1.29, 1.82) is 0 Å². The highest BCUT2D eigenvalue weighted by atomic mass is 32.2. The molecule has 0 heterocycles. The van der Waals surface area contributed by atoms with Gasteiger partial charge in [0.05, 0.1) is 6.61 Å². The van der Waals surface area contributed by atoms with E-state index in [0.29, 0.717) is 10.7 Å². The molecule has 1 atom stereocenters. The zero-order chi connectivity index (χ0) is 15.8. The summed E-state index contributed by atoms with van der Waals surface area (Å²) in [6.45, 7) is -2.72. The van der Waals surface area contributed by atoms with E-state index in [9.17, 15) is 22.8 Å². The second-order valence-electron chi connectivity index (χ2n) is 3.88. The van der Waals surface area contributed by atoms with Gasteiger partial charge in [-0.1, -0.05) is 0 Å². The number of amides is 2. The Morgan fingerprint density at radius 1 is 1.40 bits per heavy atom. The summed E-state index contributed by atoms with van der Waals surface area (Å²) in [4.78, 5) is 22.8. The third-order valence-corrected chi connectivity index (χ3v) is 2.88. The van der Waals surface area contributed by atoms with Crippen molar-refractivity contribution in [3.8, 4) is 0 Å². The largest absolute Gasteiger partial charge is 0.480 e. The number of halogens is 3. The highest BCUT2D eigenvalue weighted by Crippen LogP contribution is 2.16. The molecule has 0 aromatic carbocycles. The number of urea groups is 1. The smallest absolute Gasteiger partial charge is 0.406 e. The summed E-state index contributed by atoms with van der Waals surface area (Å²) >= 11 is 1.35. The van der Waals surface area contributed by atoms with Gasteiger partial charge in [-0.05, 0) is 18.4 Å². The Morgan fingerprint density at radius 2 is 2.00 bits per heavy atom. The number of rotatable bonds is 8. The first kappa shape index (κ1) is 18.8. The zero-order valence-corrected chi connectivity index (χ0v) is 11.6. The Bertz CT molecular complexity index is 328. The summed E-state index contributed by atoms with van der Waals surface area (Å²) in [5.74, 6) is -0.875. The number of nitrogens with zero attached hydrogens (tertiary/aromatic N) is 1. The third-order valence-electron chi connectivity index (χ3n) is 2.23. The fourth-order valence-corrected chi connectivity index (χ4v) is 1.79. The van der Waals surface area contributed by atoms with Crippen molar-refractivity contribution in [3.05, 3.63) is 0 Å². The number of hydrogen-bond acceptors (Lipinski definition) is 4. The van der Waals surface area contributed by atoms with Gasteiger partial charge in [-0.15, -0.1) is 0 Å². The van der Waals surface area contributed by atoms with Crippen molar-refractivity contribution in [2.24, 2.45) is 0 Å². The number of aliphatic carboxylic acids is 1. The van der Waals surface area contributed by atoms with E-state index >= 15 is 0 Å². The third kappa shape index (κ3) is 8.10. The molecule has 2 amide bonds. The normalized spacial score (nSPS) is 12.8. The number of nitrogens with one attached hydrogen (secondary N) is 1. The first-order chi connectivity index (χ1) is 9.21. The Kier molecular flexibility index (Phi) is 8.39. The molecule has 0 saturated heterocycles. The first-order valence-electron chi connectivity index (χ1n) is 5.66. The van der Waals surface area contributed by atoms with E-state index in [0.717, 1.165) is 0 Å². The van der Waals surface area contributed by atoms with Crippen molar-refractivity contribution >= 4 is 23.8 Å². The van der Waals surface area contributed by atoms with Crippen molar-refractivity contribution in [3.63, 3.8) is 0 Å². The predicted molar refractivity (Wildman–Crippen MR) is 67.7 cm³/mol. The lowest BCUT2D eigenvalue weighted by molar-refractivity contribution is -0.141. The summed E-state index contributed by atoms with van der Waals surface area (Å²) in [6.07, 6.45) is -2.78. The summed E-state index contributed by atoms with van der Waals surface area (Å²) in [5.41, 5.74) is 0. The van der Waals surface area contributed by atoms with Crippen LogP contribution in [0.1, 0.15) is 6.42 Å². The highest BCUT2D eigenvalue weighted by molar-refractivity contribution is 7.98. The van der Waals surface area contributed by atoms with E-state index in [-0.39, 0.29) is 6.42 Å². The van der Waals surface area contributed by atoms with Crippen LogP contribution < -0.4 is 5.32 Å². The van der Waals surface area contributed by atoms with Crippen LogP contribution in [0.4, 0.5) is 18.0 Å². The van der Waals surface area contributed by atoms with Gasteiger partial charge in [-0.3, -0.25) is 0 Å². The number of carboxylic acids is 1. The van der Waals surface area contributed by atoms with Crippen LogP contribution in [0.2, 0.25) is 0 Å². The average molecular weight is 318 g/mol. The Hall–Kier alpha value is -1.16. The topological polar surface area (TPSA) is 89.9 Å². The summed E-state index contributed by atoms with van der Waals surface area (Å²) in [7, 11) is 0. The van der Waals surface area contributed by atoms with Crippen molar-refractivity contribution in [1.82, 2.24) is 10.2 Å². The maximum Gasteiger partial charge on any atom is 0.406 e. The number of carboxylic acid groups (broad SMARTS) is 1. The maximum atomic E-state index is 12.3. The van der Waals surface area contributed by atoms with Crippen LogP contribution in [0.3, 0.4) is 0 Å². The van der Waals surface area contributed by atoms with Crippen LogP contribution in [0.5, 0.6) is 0 Å². The van der Waals surface area contributed by atoms with Crippen molar-refractivity contribution < 1.29 is 33.0 Å². The Labute approximate surface area is 118 Å². The minimum absolute atomic E-state index is 0.0984. The molecule has 0 aromatic rings. The number of alkyl halides is 3. The molecule has 10 heteroatoms. The first-order valence-corrected chi connectivity index (χ1v) is 7.05. The highest BCUT2D eigenvalue weighted by Gasteiger charge is 2.33. The monoisotopic (exact) mass is 318 g/mol. The van der Waals surface area contributed by atoms with Gasteiger partial charge in [0.2, 0.25) is 0 Å². The Morgan fingerprint density at radius 3 is 2.40 bits per heavy atom. The molecule has 0 fully saturated rings. The lowest BCUT2D eigenvalue weighted by Crippen LogP contribution is -2.51. The van der Waals surface area contributed by atoms with Crippen molar-refractivity contribution in [2.75, 3.05) is 31.7 Å². The lowest BCUT2D eigenvalue weighted by atomic mass is 10.2. The predicted octanol–water partition coefficient (Wildman–Crippen LogP) is 0.759. The minimum Gasteiger partial charge on any atom is -0.480 e. The van der Waals surface area contributed by atoms with Crippen LogP contribution in [0.15, 0.2) is 0 Å². The van der Waals surface area contributed by atoms with Gasteiger partial charge < -0.3 is 20.4 Å². The number of aliphatic hydroxyl groups excluding tert-OH is 1. The molecule has 0 rings (SSSR count). The van der Waals surface area contributed by atoms with E-state index in [1.807, 2.05) is 5.32 Å². The molecule has 20 heavy (non-hydrogen) atoms. The molecule has 0 radical (unpaired) electrons. The van der Waals surface area contributed by atoms with E-state index < -0.39 is 43.9 Å².